The molecule has 2 amide bonds. The van der Waals surface area contributed by atoms with E-state index in [2.05, 4.69) is 15.3 Å². The van der Waals surface area contributed by atoms with Crippen LogP contribution >= 0.6 is 11.6 Å². The Kier molecular flexibility index (Phi) is 7.58. The lowest BCUT2D eigenvalue weighted by Gasteiger charge is -2.38. The maximum atomic E-state index is 13.6. The van der Waals surface area contributed by atoms with Crippen LogP contribution in [0, 0.1) is 0 Å². The molecule has 0 spiro atoms. The summed E-state index contributed by atoms with van der Waals surface area (Å²) in [7, 11) is 0. The van der Waals surface area contributed by atoms with Crippen molar-refractivity contribution in [3.05, 3.63) is 58.9 Å². The first-order valence-electron chi connectivity index (χ1n) is 12.0. The Morgan fingerprint density at radius 3 is 2.43 bits per heavy atom. The van der Waals surface area contributed by atoms with Gasteiger partial charge in [0.2, 0.25) is 5.91 Å². The number of aromatic nitrogens is 2. The summed E-state index contributed by atoms with van der Waals surface area (Å²) in [5.74, 6) is -1.30. The van der Waals surface area contributed by atoms with Gasteiger partial charge in [-0.05, 0) is 44.5 Å². The molecular weight excluding hydrogens is 498 g/mol. The molecule has 196 valence electrons. The van der Waals surface area contributed by atoms with E-state index in [4.69, 9.17) is 16.3 Å². The molecule has 0 bridgehead atoms. The number of benzene rings is 1. The topological polar surface area (TPSA) is 128 Å². The fourth-order valence-electron chi connectivity index (χ4n) is 4.37. The second kappa shape index (κ2) is 10.7. The summed E-state index contributed by atoms with van der Waals surface area (Å²) < 4.78 is 5.39. The van der Waals surface area contributed by atoms with Gasteiger partial charge in [0.25, 0.3) is 0 Å². The molecule has 1 unspecified atom stereocenters. The number of ether oxygens (including phenoxy) is 1. The van der Waals surface area contributed by atoms with Crippen LogP contribution in [-0.4, -0.2) is 75.8 Å². The number of amides is 2. The van der Waals surface area contributed by atoms with Gasteiger partial charge in [-0.2, -0.15) is 0 Å². The zero-order valence-corrected chi connectivity index (χ0v) is 21.7. The second-order valence-corrected chi connectivity index (χ2v) is 10.3. The molecule has 2 aromatic heterocycles. The number of H-pyrrole nitrogens is 1. The van der Waals surface area contributed by atoms with E-state index in [9.17, 15) is 19.5 Å². The minimum Gasteiger partial charge on any atom is -0.478 e. The highest BCUT2D eigenvalue weighted by atomic mass is 35.5. The van der Waals surface area contributed by atoms with Crippen LogP contribution < -0.4 is 10.2 Å². The van der Waals surface area contributed by atoms with E-state index >= 15 is 0 Å². The summed E-state index contributed by atoms with van der Waals surface area (Å²) >= 11 is 6.00. The smallest absolute Gasteiger partial charge is 0.408 e. The van der Waals surface area contributed by atoms with Crippen molar-refractivity contribution in [2.24, 2.45) is 0 Å². The number of aromatic carboxylic acids is 1. The highest BCUT2D eigenvalue weighted by Gasteiger charge is 2.32. The Morgan fingerprint density at radius 1 is 1.14 bits per heavy atom. The minimum absolute atomic E-state index is 0.110. The van der Waals surface area contributed by atoms with Gasteiger partial charge in [0.1, 0.15) is 22.9 Å². The van der Waals surface area contributed by atoms with Gasteiger partial charge in [0.05, 0.1) is 5.69 Å². The lowest BCUT2D eigenvalue weighted by molar-refractivity contribution is -0.133. The largest absolute Gasteiger partial charge is 0.478 e. The average Bonchev–Trinajstić information content (AvgIpc) is 3.32. The van der Waals surface area contributed by atoms with Gasteiger partial charge < -0.3 is 29.9 Å². The number of piperazine rings is 1. The van der Waals surface area contributed by atoms with Crippen molar-refractivity contribution in [2.75, 3.05) is 31.1 Å². The Hall–Kier alpha value is -3.79. The van der Waals surface area contributed by atoms with Crippen molar-refractivity contribution >= 4 is 46.3 Å². The number of anilines is 1. The average molecular weight is 528 g/mol. The van der Waals surface area contributed by atoms with E-state index in [-0.39, 0.29) is 17.9 Å². The molecule has 4 rings (SSSR count). The van der Waals surface area contributed by atoms with Crippen molar-refractivity contribution in [1.29, 1.82) is 0 Å². The molecule has 1 atom stereocenters. The number of nitrogens with zero attached hydrogens (tertiary/aromatic N) is 3. The predicted octanol–water partition coefficient (Wildman–Crippen LogP) is 3.70. The summed E-state index contributed by atoms with van der Waals surface area (Å²) in [5.41, 5.74) is 1.42. The molecule has 11 heteroatoms. The van der Waals surface area contributed by atoms with Crippen LogP contribution in [0.1, 0.15) is 36.7 Å². The van der Waals surface area contributed by atoms with E-state index in [1.54, 1.807) is 50.1 Å². The van der Waals surface area contributed by atoms with E-state index < -0.39 is 23.7 Å². The molecule has 0 radical (unpaired) electrons. The molecule has 0 saturated carbocycles. The summed E-state index contributed by atoms with van der Waals surface area (Å²) in [6.07, 6.45) is 2.67. The summed E-state index contributed by atoms with van der Waals surface area (Å²) in [6.45, 7) is 6.85. The minimum atomic E-state index is -1.06. The molecule has 1 aromatic carbocycles. The van der Waals surface area contributed by atoms with Gasteiger partial charge in [0.15, 0.2) is 0 Å². The quantitative estimate of drug-likeness (QED) is 0.446. The first kappa shape index (κ1) is 26.3. The number of carbonyl (C=O) groups is 3. The normalized spacial score (nSPS) is 14.9. The third-order valence-corrected chi connectivity index (χ3v) is 6.29. The maximum Gasteiger partial charge on any atom is 0.408 e. The van der Waals surface area contributed by atoms with Crippen molar-refractivity contribution in [3.63, 3.8) is 0 Å². The number of halogens is 1. The van der Waals surface area contributed by atoms with Gasteiger partial charge in [-0.15, -0.1) is 0 Å². The van der Waals surface area contributed by atoms with Crippen LogP contribution in [0.5, 0.6) is 0 Å². The number of alkyl carbamates (subject to hydrolysis) is 1. The van der Waals surface area contributed by atoms with Crippen LogP contribution in [0.3, 0.4) is 0 Å². The van der Waals surface area contributed by atoms with Gasteiger partial charge >= 0.3 is 12.1 Å². The number of hydrogen-bond donors (Lipinski definition) is 3. The number of nitrogens with one attached hydrogen (secondary N) is 2. The van der Waals surface area contributed by atoms with E-state index in [1.165, 1.54) is 6.20 Å². The van der Waals surface area contributed by atoms with E-state index in [0.717, 1.165) is 5.56 Å². The Labute approximate surface area is 219 Å². The molecule has 1 saturated heterocycles. The van der Waals surface area contributed by atoms with Gasteiger partial charge in [-0.25, -0.2) is 14.6 Å². The van der Waals surface area contributed by atoms with Gasteiger partial charge in [0, 0.05) is 55.4 Å². The number of carboxylic acids is 1. The molecule has 0 aliphatic carbocycles. The standard InChI is InChI=1S/C26H30ClN5O5/c1-26(2,3)37-25(36)30-20(14-16-4-6-17(27)7-5-16)23(33)32-12-10-31(11-13-32)21-18-8-9-28-22(18)29-15-19(21)24(34)35/h4-9,15,20H,10-14H2,1-3H3,(H,28,29)(H,30,36)(H,34,35). The van der Waals surface area contributed by atoms with Crippen molar-refractivity contribution in [2.45, 2.75) is 38.8 Å². The van der Waals surface area contributed by atoms with Crippen molar-refractivity contribution in [3.8, 4) is 0 Å². The van der Waals surface area contributed by atoms with Crippen LogP contribution in [0.25, 0.3) is 11.0 Å². The predicted molar refractivity (Wildman–Crippen MR) is 140 cm³/mol. The van der Waals surface area contributed by atoms with Crippen LogP contribution in [-0.2, 0) is 16.0 Å². The Morgan fingerprint density at radius 2 is 1.81 bits per heavy atom. The Bertz CT molecular complexity index is 1290. The third kappa shape index (κ3) is 6.32. The number of hydrogen-bond acceptors (Lipinski definition) is 6. The van der Waals surface area contributed by atoms with E-state index in [1.807, 2.05) is 17.0 Å². The fraction of sp³-hybridized carbons (Fsp3) is 0.385. The summed E-state index contributed by atoms with van der Waals surface area (Å²) in [6, 6.07) is 8.07. The molecule has 1 fully saturated rings. The zero-order valence-electron chi connectivity index (χ0n) is 21.0. The Balaban J connectivity index is 1.50. The molecule has 3 heterocycles. The number of carbonyl (C=O) groups excluding carboxylic acids is 2. The van der Waals surface area contributed by atoms with Crippen LogP contribution in [0.15, 0.2) is 42.7 Å². The lowest BCUT2D eigenvalue weighted by atomic mass is 10.0. The van der Waals surface area contributed by atoms with Crippen LogP contribution in [0.2, 0.25) is 5.02 Å². The molecule has 37 heavy (non-hydrogen) atoms. The molecule has 10 nitrogen and oxygen atoms in total. The zero-order chi connectivity index (χ0) is 26.7. The number of rotatable bonds is 6. The fourth-order valence-corrected chi connectivity index (χ4v) is 4.49. The second-order valence-electron chi connectivity index (χ2n) is 9.91. The number of pyridine rings is 1. The molecule has 3 N–H and O–H groups in total. The molecular formula is C26H30ClN5O5. The lowest BCUT2D eigenvalue weighted by Crippen LogP contribution is -2.56. The van der Waals surface area contributed by atoms with Gasteiger partial charge in [-0.1, -0.05) is 23.7 Å². The summed E-state index contributed by atoms with van der Waals surface area (Å²) in [5, 5.41) is 13.8. The molecule has 1 aliphatic rings. The summed E-state index contributed by atoms with van der Waals surface area (Å²) in [4.78, 5) is 48.8. The third-order valence-electron chi connectivity index (χ3n) is 6.04. The highest BCUT2D eigenvalue weighted by molar-refractivity contribution is 6.30. The number of fused-ring (bicyclic) bond motifs is 1. The first-order valence-corrected chi connectivity index (χ1v) is 12.4. The van der Waals surface area contributed by atoms with Crippen molar-refractivity contribution in [1.82, 2.24) is 20.2 Å². The number of aromatic amines is 1. The number of carboxylic acid groups (broad SMARTS) is 1. The van der Waals surface area contributed by atoms with Crippen LogP contribution in [0.4, 0.5) is 10.5 Å². The molecule has 3 aromatic rings. The van der Waals surface area contributed by atoms with E-state index in [0.29, 0.717) is 47.9 Å². The highest BCUT2D eigenvalue weighted by Crippen LogP contribution is 2.30. The molecule has 1 aliphatic heterocycles. The van der Waals surface area contributed by atoms with Crippen molar-refractivity contribution < 1.29 is 24.2 Å². The first-order chi connectivity index (χ1) is 17.5. The maximum absolute atomic E-state index is 13.6. The monoisotopic (exact) mass is 527 g/mol. The van der Waals surface area contributed by atoms with Gasteiger partial charge in [-0.3, -0.25) is 4.79 Å². The SMILES string of the molecule is CC(C)(C)OC(=O)NC(Cc1ccc(Cl)cc1)C(=O)N1CCN(c2c(C(=O)O)cnc3[nH]ccc23)CC1.